The maximum Gasteiger partial charge on any atom is 0.225 e. The summed E-state index contributed by atoms with van der Waals surface area (Å²) in [6.07, 6.45) is 4.96. The van der Waals surface area contributed by atoms with Crippen molar-refractivity contribution >= 4 is 44.4 Å². The van der Waals surface area contributed by atoms with Crippen LogP contribution in [0.2, 0.25) is 0 Å². The number of aromatic nitrogens is 1. The van der Waals surface area contributed by atoms with Crippen LogP contribution in [0, 0.1) is 6.92 Å². The summed E-state index contributed by atoms with van der Waals surface area (Å²) >= 11 is 0. The van der Waals surface area contributed by atoms with Crippen LogP contribution in [0.3, 0.4) is 0 Å². The van der Waals surface area contributed by atoms with Gasteiger partial charge in [-0.25, -0.2) is 8.42 Å². The van der Waals surface area contributed by atoms with Gasteiger partial charge >= 0.3 is 0 Å². The van der Waals surface area contributed by atoms with Crippen molar-refractivity contribution in [2.45, 2.75) is 19.8 Å². The monoisotopic (exact) mass is 508 g/mol. The minimum absolute atomic E-state index is 0.0401. The summed E-state index contributed by atoms with van der Waals surface area (Å²) < 4.78 is 25.2. The topological polar surface area (TPSA) is 103 Å². The highest BCUT2D eigenvalue weighted by Gasteiger charge is 2.22. The number of aldehydes is 1. The Morgan fingerprint density at radius 3 is 2.61 bits per heavy atom. The SMILES string of the molecule is Cc1c(NC(=O)CCN(C)C)cccc1-c1ccc(C=O)c2[nH]c(C3=CCN(S(C)(=O)=O)CC3)cc12. The van der Waals surface area contributed by atoms with Crippen molar-refractivity contribution in [2.75, 3.05) is 45.3 Å². The van der Waals surface area contributed by atoms with Gasteiger partial charge in [0.25, 0.3) is 0 Å². The molecule has 0 fully saturated rings. The summed E-state index contributed by atoms with van der Waals surface area (Å²) in [4.78, 5) is 29.6. The van der Waals surface area contributed by atoms with E-state index >= 15 is 0 Å². The summed E-state index contributed by atoms with van der Waals surface area (Å²) in [6.45, 7) is 3.39. The fourth-order valence-corrected chi connectivity index (χ4v) is 5.31. The molecule has 2 aromatic carbocycles. The molecule has 0 atom stereocenters. The molecule has 2 N–H and O–H groups in total. The van der Waals surface area contributed by atoms with Crippen molar-refractivity contribution in [1.82, 2.24) is 14.2 Å². The number of rotatable bonds is 8. The van der Waals surface area contributed by atoms with E-state index in [2.05, 4.69) is 10.3 Å². The first kappa shape index (κ1) is 25.8. The maximum absolute atomic E-state index is 12.4. The van der Waals surface area contributed by atoms with Crippen molar-refractivity contribution in [3.63, 3.8) is 0 Å². The molecule has 2 heterocycles. The van der Waals surface area contributed by atoms with Gasteiger partial charge in [0, 0.05) is 48.4 Å². The molecule has 1 aliphatic heterocycles. The fourth-order valence-electron chi connectivity index (χ4n) is 4.54. The summed E-state index contributed by atoms with van der Waals surface area (Å²) in [5.74, 6) is -0.0401. The Morgan fingerprint density at radius 2 is 1.97 bits per heavy atom. The molecule has 0 saturated carbocycles. The Kier molecular flexibility index (Phi) is 7.44. The Labute approximate surface area is 212 Å². The highest BCUT2D eigenvalue weighted by Crippen LogP contribution is 2.37. The van der Waals surface area contributed by atoms with E-state index in [1.807, 2.05) is 62.3 Å². The smallest absolute Gasteiger partial charge is 0.225 e. The molecule has 3 aromatic rings. The third-order valence-electron chi connectivity index (χ3n) is 6.62. The molecular formula is C27H32N4O4S. The van der Waals surface area contributed by atoms with Crippen LogP contribution in [0.4, 0.5) is 5.69 Å². The van der Waals surface area contributed by atoms with Crippen LogP contribution >= 0.6 is 0 Å². The molecule has 0 saturated heterocycles. The zero-order chi connectivity index (χ0) is 26.0. The largest absolute Gasteiger partial charge is 0.354 e. The van der Waals surface area contributed by atoms with Crippen LogP contribution in [0.1, 0.15) is 34.5 Å². The van der Waals surface area contributed by atoms with E-state index < -0.39 is 10.0 Å². The highest BCUT2D eigenvalue weighted by molar-refractivity contribution is 7.88. The molecule has 0 aliphatic carbocycles. The maximum atomic E-state index is 12.4. The van der Waals surface area contributed by atoms with Gasteiger partial charge in [-0.1, -0.05) is 24.3 Å². The van der Waals surface area contributed by atoms with Gasteiger partial charge < -0.3 is 15.2 Å². The number of carbonyl (C=O) groups excluding carboxylic acids is 2. The fraction of sp³-hybridized carbons (Fsp3) is 0.333. The lowest BCUT2D eigenvalue weighted by Crippen LogP contribution is -2.33. The summed E-state index contributed by atoms with van der Waals surface area (Å²) in [5.41, 5.74) is 6.81. The van der Waals surface area contributed by atoms with Gasteiger partial charge in [-0.3, -0.25) is 9.59 Å². The van der Waals surface area contributed by atoms with E-state index in [9.17, 15) is 18.0 Å². The van der Waals surface area contributed by atoms with Crippen LogP contribution in [0.15, 0.2) is 42.5 Å². The number of sulfonamides is 1. The number of carbonyl (C=O) groups is 2. The van der Waals surface area contributed by atoms with E-state index in [-0.39, 0.29) is 5.91 Å². The molecule has 0 bridgehead atoms. The molecule has 190 valence electrons. The molecule has 8 nitrogen and oxygen atoms in total. The number of aromatic amines is 1. The number of amides is 1. The second-order valence-corrected chi connectivity index (χ2v) is 11.5. The standard InChI is InChI=1S/C27H32N4O4S/c1-18-21(6-5-7-24(18)28-26(33)12-13-30(2)3)22-9-8-20(17-32)27-23(22)16-25(29-27)19-10-14-31(15-11-19)36(4,34)35/h5-10,16-17,29H,11-15H2,1-4H3,(H,28,33). The minimum atomic E-state index is -3.24. The lowest BCUT2D eigenvalue weighted by Gasteiger charge is -2.23. The molecule has 36 heavy (non-hydrogen) atoms. The van der Waals surface area contributed by atoms with Gasteiger partial charge in [0.05, 0.1) is 11.8 Å². The van der Waals surface area contributed by atoms with Crippen molar-refractivity contribution in [3.8, 4) is 11.1 Å². The molecule has 9 heteroatoms. The van der Waals surface area contributed by atoms with Crippen LogP contribution in [0.25, 0.3) is 27.6 Å². The number of nitrogens with zero attached hydrogens (tertiary/aromatic N) is 2. The predicted octanol–water partition coefficient (Wildman–Crippen LogP) is 3.89. The van der Waals surface area contributed by atoms with Crippen molar-refractivity contribution in [1.29, 1.82) is 0 Å². The minimum Gasteiger partial charge on any atom is -0.354 e. The zero-order valence-corrected chi connectivity index (χ0v) is 21.9. The number of hydrogen-bond acceptors (Lipinski definition) is 5. The Balaban J connectivity index is 1.72. The Morgan fingerprint density at radius 1 is 1.19 bits per heavy atom. The third-order valence-corrected chi connectivity index (χ3v) is 7.89. The summed E-state index contributed by atoms with van der Waals surface area (Å²) in [5, 5.41) is 3.93. The molecule has 4 rings (SSSR count). The molecular weight excluding hydrogens is 476 g/mol. The molecule has 0 radical (unpaired) electrons. The number of nitrogens with one attached hydrogen (secondary N) is 2. The number of benzene rings is 2. The normalized spacial score (nSPS) is 14.8. The van der Waals surface area contributed by atoms with Crippen molar-refractivity contribution in [3.05, 3.63) is 59.3 Å². The zero-order valence-electron chi connectivity index (χ0n) is 21.1. The third kappa shape index (κ3) is 5.43. The first-order valence-corrected chi connectivity index (χ1v) is 13.7. The van der Waals surface area contributed by atoms with Crippen LogP contribution in [0.5, 0.6) is 0 Å². The molecule has 0 unspecified atom stereocenters. The molecule has 1 aromatic heterocycles. The Bertz CT molecular complexity index is 1450. The average molecular weight is 509 g/mol. The summed E-state index contributed by atoms with van der Waals surface area (Å²) in [7, 11) is 0.633. The number of H-pyrrole nitrogens is 1. The van der Waals surface area contributed by atoms with Gasteiger partial charge in [-0.05, 0) is 67.9 Å². The van der Waals surface area contributed by atoms with Crippen LogP contribution in [-0.2, 0) is 14.8 Å². The lowest BCUT2D eigenvalue weighted by molar-refractivity contribution is -0.116. The van der Waals surface area contributed by atoms with E-state index in [4.69, 9.17) is 0 Å². The predicted molar refractivity (Wildman–Crippen MR) is 145 cm³/mol. The number of anilines is 1. The quantitative estimate of drug-likeness (QED) is 0.450. The van der Waals surface area contributed by atoms with Crippen molar-refractivity contribution < 1.29 is 18.0 Å². The van der Waals surface area contributed by atoms with Gasteiger partial charge in [0.2, 0.25) is 15.9 Å². The first-order chi connectivity index (χ1) is 17.1. The molecule has 1 aliphatic rings. The second-order valence-electron chi connectivity index (χ2n) is 9.47. The van der Waals surface area contributed by atoms with Crippen LogP contribution in [-0.4, -0.2) is 74.8 Å². The van der Waals surface area contributed by atoms with E-state index in [1.54, 1.807) is 6.07 Å². The van der Waals surface area contributed by atoms with Gasteiger partial charge in [0.1, 0.15) is 0 Å². The van der Waals surface area contributed by atoms with Crippen LogP contribution < -0.4 is 5.32 Å². The Hall–Kier alpha value is -3.27. The number of hydrogen-bond donors (Lipinski definition) is 2. The summed E-state index contributed by atoms with van der Waals surface area (Å²) in [6, 6.07) is 11.6. The first-order valence-electron chi connectivity index (χ1n) is 11.9. The lowest BCUT2D eigenvalue weighted by atomic mass is 9.94. The van der Waals surface area contributed by atoms with E-state index in [0.29, 0.717) is 38.0 Å². The van der Waals surface area contributed by atoms with E-state index in [0.717, 1.165) is 50.8 Å². The van der Waals surface area contributed by atoms with Crippen molar-refractivity contribution in [2.24, 2.45) is 0 Å². The van der Waals surface area contributed by atoms with Gasteiger partial charge in [-0.2, -0.15) is 4.31 Å². The molecule has 0 spiro atoms. The number of fused-ring (bicyclic) bond motifs is 1. The second kappa shape index (κ2) is 10.4. The highest BCUT2D eigenvalue weighted by atomic mass is 32.2. The average Bonchev–Trinajstić information content (AvgIpc) is 3.29. The molecule has 1 amide bonds. The van der Waals surface area contributed by atoms with Gasteiger partial charge in [0.15, 0.2) is 6.29 Å². The van der Waals surface area contributed by atoms with E-state index in [1.165, 1.54) is 10.6 Å². The van der Waals surface area contributed by atoms with Gasteiger partial charge in [-0.15, -0.1) is 0 Å².